The van der Waals surface area contributed by atoms with Crippen molar-refractivity contribution in [1.29, 1.82) is 0 Å². The fraction of sp³-hybridized carbons (Fsp3) is 0.273. The van der Waals surface area contributed by atoms with Crippen molar-refractivity contribution in [2.24, 2.45) is 0 Å². The standard InChI is InChI=1S/C22H21F2N3O/c1-13-21(14(2)27(26-13)20-11-10-16(23)12-18(20)24)22(28)25-19-9-5-7-15-6-3-4-8-17(15)19/h3-4,6,8,10-12,19H,5,7,9H2,1-2H3,(H,25,28). The van der Waals surface area contributed by atoms with Crippen LogP contribution >= 0.6 is 0 Å². The molecule has 4 nitrogen and oxygen atoms in total. The van der Waals surface area contributed by atoms with E-state index in [1.165, 1.54) is 22.4 Å². The Morgan fingerprint density at radius 2 is 1.96 bits per heavy atom. The number of halogens is 2. The lowest BCUT2D eigenvalue weighted by atomic mass is 9.87. The first kappa shape index (κ1) is 18.3. The summed E-state index contributed by atoms with van der Waals surface area (Å²) < 4.78 is 28.8. The van der Waals surface area contributed by atoms with Crippen molar-refractivity contribution in [3.05, 3.63) is 82.2 Å². The van der Waals surface area contributed by atoms with Gasteiger partial charge in [-0.2, -0.15) is 5.10 Å². The van der Waals surface area contributed by atoms with Gasteiger partial charge in [0.25, 0.3) is 5.91 Å². The van der Waals surface area contributed by atoms with Gasteiger partial charge >= 0.3 is 0 Å². The highest BCUT2D eigenvalue weighted by molar-refractivity contribution is 5.96. The smallest absolute Gasteiger partial charge is 0.255 e. The fourth-order valence-electron chi connectivity index (χ4n) is 3.99. The normalized spacial score (nSPS) is 15.9. The first-order chi connectivity index (χ1) is 13.5. The molecule has 1 aromatic heterocycles. The van der Waals surface area contributed by atoms with Gasteiger partial charge in [-0.25, -0.2) is 13.5 Å². The Bertz CT molecular complexity index is 1060. The van der Waals surface area contributed by atoms with Gasteiger partial charge in [-0.15, -0.1) is 0 Å². The molecule has 0 aliphatic heterocycles. The van der Waals surface area contributed by atoms with E-state index in [0.717, 1.165) is 30.9 Å². The highest BCUT2D eigenvalue weighted by Gasteiger charge is 2.26. The van der Waals surface area contributed by atoms with Gasteiger partial charge in [-0.05, 0) is 56.4 Å². The number of fused-ring (bicyclic) bond motifs is 1. The molecule has 0 saturated carbocycles. The molecule has 1 unspecified atom stereocenters. The maximum Gasteiger partial charge on any atom is 0.255 e. The molecule has 4 rings (SSSR count). The summed E-state index contributed by atoms with van der Waals surface area (Å²) in [4.78, 5) is 13.0. The largest absolute Gasteiger partial charge is 0.345 e. The minimum atomic E-state index is -0.723. The van der Waals surface area contributed by atoms with Gasteiger partial charge < -0.3 is 5.32 Å². The van der Waals surface area contributed by atoms with Crippen LogP contribution in [0.15, 0.2) is 42.5 Å². The van der Waals surface area contributed by atoms with Crippen LogP contribution in [0.4, 0.5) is 8.78 Å². The summed E-state index contributed by atoms with van der Waals surface area (Å²) in [6.45, 7) is 3.43. The average molecular weight is 381 g/mol. The topological polar surface area (TPSA) is 46.9 Å². The minimum Gasteiger partial charge on any atom is -0.345 e. The van der Waals surface area contributed by atoms with Crippen LogP contribution in [0.25, 0.3) is 5.69 Å². The minimum absolute atomic E-state index is 0.0536. The van der Waals surface area contributed by atoms with E-state index < -0.39 is 11.6 Å². The van der Waals surface area contributed by atoms with E-state index in [1.807, 2.05) is 12.1 Å². The van der Waals surface area contributed by atoms with E-state index in [4.69, 9.17) is 0 Å². The lowest BCUT2D eigenvalue weighted by Crippen LogP contribution is -2.31. The maximum absolute atomic E-state index is 14.2. The predicted molar refractivity (Wildman–Crippen MR) is 103 cm³/mol. The number of aryl methyl sites for hydroxylation is 2. The average Bonchev–Trinajstić information content (AvgIpc) is 2.96. The van der Waals surface area contributed by atoms with E-state index in [-0.39, 0.29) is 17.6 Å². The van der Waals surface area contributed by atoms with Crippen molar-refractivity contribution < 1.29 is 13.6 Å². The molecule has 1 aliphatic carbocycles. The molecule has 0 saturated heterocycles. The van der Waals surface area contributed by atoms with Gasteiger partial charge in [0.2, 0.25) is 0 Å². The van der Waals surface area contributed by atoms with E-state index in [0.29, 0.717) is 17.0 Å². The Morgan fingerprint density at radius 1 is 1.18 bits per heavy atom. The van der Waals surface area contributed by atoms with Crippen molar-refractivity contribution in [2.45, 2.75) is 39.2 Å². The number of carbonyl (C=O) groups is 1. The zero-order valence-electron chi connectivity index (χ0n) is 15.8. The van der Waals surface area contributed by atoms with Crippen LogP contribution in [0, 0.1) is 25.5 Å². The Morgan fingerprint density at radius 3 is 2.75 bits per heavy atom. The number of nitrogens with one attached hydrogen (secondary N) is 1. The number of nitrogens with zero attached hydrogens (tertiary/aromatic N) is 2. The summed E-state index contributed by atoms with van der Waals surface area (Å²) >= 11 is 0. The Hall–Kier alpha value is -3.02. The second-order valence-corrected chi connectivity index (χ2v) is 7.17. The van der Waals surface area contributed by atoms with Gasteiger partial charge in [0.15, 0.2) is 5.82 Å². The molecular weight excluding hydrogens is 360 g/mol. The van der Waals surface area contributed by atoms with Gasteiger partial charge in [0.1, 0.15) is 11.5 Å². The van der Waals surface area contributed by atoms with Crippen LogP contribution in [-0.2, 0) is 6.42 Å². The van der Waals surface area contributed by atoms with Crippen LogP contribution < -0.4 is 5.32 Å². The van der Waals surface area contributed by atoms with E-state index in [1.54, 1.807) is 13.8 Å². The predicted octanol–water partition coefficient (Wildman–Crippen LogP) is 4.57. The van der Waals surface area contributed by atoms with Crippen molar-refractivity contribution >= 4 is 5.91 Å². The summed E-state index contributed by atoms with van der Waals surface area (Å²) in [6, 6.07) is 11.4. The summed E-state index contributed by atoms with van der Waals surface area (Å²) in [7, 11) is 0. The molecular formula is C22H21F2N3O. The molecule has 144 valence electrons. The number of hydrogen-bond acceptors (Lipinski definition) is 2. The molecule has 3 aromatic rings. The molecule has 1 aliphatic rings. The first-order valence-corrected chi connectivity index (χ1v) is 9.36. The molecule has 1 amide bonds. The zero-order valence-corrected chi connectivity index (χ0v) is 15.8. The number of amides is 1. The lowest BCUT2D eigenvalue weighted by Gasteiger charge is -2.26. The quantitative estimate of drug-likeness (QED) is 0.722. The molecule has 1 N–H and O–H groups in total. The van der Waals surface area contributed by atoms with Crippen molar-refractivity contribution in [3.8, 4) is 5.69 Å². The zero-order chi connectivity index (χ0) is 19.8. The lowest BCUT2D eigenvalue weighted by molar-refractivity contribution is 0.0931. The van der Waals surface area contributed by atoms with E-state index in [9.17, 15) is 13.6 Å². The first-order valence-electron chi connectivity index (χ1n) is 9.36. The molecule has 0 fully saturated rings. The number of benzene rings is 2. The highest BCUT2D eigenvalue weighted by atomic mass is 19.1. The third kappa shape index (κ3) is 3.19. The van der Waals surface area contributed by atoms with Crippen molar-refractivity contribution in [1.82, 2.24) is 15.1 Å². The maximum atomic E-state index is 14.2. The van der Waals surface area contributed by atoms with E-state index >= 15 is 0 Å². The number of hydrogen-bond donors (Lipinski definition) is 1. The molecule has 1 atom stereocenters. The van der Waals surface area contributed by atoms with Gasteiger partial charge in [-0.3, -0.25) is 4.79 Å². The number of rotatable bonds is 3. The van der Waals surface area contributed by atoms with Crippen molar-refractivity contribution in [3.63, 3.8) is 0 Å². The van der Waals surface area contributed by atoms with Crippen LogP contribution in [0.3, 0.4) is 0 Å². The second-order valence-electron chi connectivity index (χ2n) is 7.17. The van der Waals surface area contributed by atoms with Gasteiger partial charge in [0.05, 0.1) is 23.0 Å². The van der Waals surface area contributed by atoms with Crippen molar-refractivity contribution in [2.75, 3.05) is 0 Å². The summed E-state index contributed by atoms with van der Waals surface area (Å²) in [5.74, 6) is -1.61. The summed E-state index contributed by atoms with van der Waals surface area (Å²) in [5, 5.41) is 7.44. The van der Waals surface area contributed by atoms with Gasteiger partial charge in [0, 0.05) is 6.07 Å². The molecule has 1 heterocycles. The number of carbonyl (C=O) groups excluding carboxylic acids is 1. The monoisotopic (exact) mass is 381 g/mol. The SMILES string of the molecule is Cc1nn(-c2ccc(F)cc2F)c(C)c1C(=O)NC1CCCc2ccccc21. The molecule has 28 heavy (non-hydrogen) atoms. The third-order valence-electron chi connectivity index (χ3n) is 5.33. The Balaban J connectivity index is 1.65. The highest BCUT2D eigenvalue weighted by Crippen LogP contribution is 2.30. The molecule has 2 aromatic carbocycles. The fourth-order valence-corrected chi connectivity index (χ4v) is 3.99. The molecule has 0 spiro atoms. The molecule has 6 heteroatoms. The van der Waals surface area contributed by atoms with Crippen LogP contribution in [0.1, 0.15) is 51.8 Å². The Labute approximate surface area is 162 Å². The van der Waals surface area contributed by atoms with Crippen LogP contribution in [0.5, 0.6) is 0 Å². The summed E-state index contributed by atoms with van der Waals surface area (Å²) in [6.07, 6.45) is 2.91. The van der Waals surface area contributed by atoms with Crippen LogP contribution in [-0.4, -0.2) is 15.7 Å². The van der Waals surface area contributed by atoms with Crippen LogP contribution in [0.2, 0.25) is 0 Å². The van der Waals surface area contributed by atoms with Gasteiger partial charge in [-0.1, -0.05) is 24.3 Å². The van der Waals surface area contributed by atoms with E-state index in [2.05, 4.69) is 22.5 Å². The molecule has 0 bridgehead atoms. The number of aromatic nitrogens is 2. The second kappa shape index (κ2) is 7.19. The molecule has 0 radical (unpaired) electrons. The third-order valence-corrected chi connectivity index (χ3v) is 5.33. The summed E-state index contributed by atoms with van der Waals surface area (Å²) in [5.41, 5.74) is 3.97. The Kier molecular flexibility index (Phi) is 4.71.